The number of hydrogen-bond acceptors (Lipinski definition) is 4. The molecule has 0 unspecified atom stereocenters. The highest BCUT2D eigenvalue weighted by molar-refractivity contribution is 5.48. The van der Waals surface area contributed by atoms with Gasteiger partial charge in [0.25, 0.3) is 0 Å². The molecule has 0 saturated heterocycles. The summed E-state index contributed by atoms with van der Waals surface area (Å²) in [6.07, 6.45) is 9.40. The highest BCUT2D eigenvalue weighted by atomic mass is 16.3. The molecule has 4 heteroatoms. The summed E-state index contributed by atoms with van der Waals surface area (Å²) in [6.45, 7) is 3.90. The third kappa shape index (κ3) is 5.28. The number of phenols is 4. The molecule has 0 amide bonds. The van der Waals surface area contributed by atoms with Gasteiger partial charge in [-0.25, -0.2) is 0 Å². The first-order valence-electron chi connectivity index (χ1n) is 14.4. The average Bonchev–Trinajstić information content (AvgIpc) is 3.65. The Balaban J connectivity index is 0.000000162. The first-order valence-corrected chi connectivity index (χ1v) is 14.4. The monoisotopic (exact) mass is 536 g/mol. The van der Waals surface area contributed by atoms with E-state index in [2.05, 4.69) is 24.3 Å². The van der Waals surface area contributed by atoms with Crippen molar-refractivity contribution >= 4 is 0 Å². The number of phenolic OH excluding ortho intramolecular Hbond substituents is 4. The Hall–Kier alpha value is -3.92. The summed E-state index contributed by atoms with van der Waals surface area (Å²) in [7, 11) is 0. The summed E-state index contributed by atoms with van der Waals surface area (Å²) in [4.78, 5) is 0. The second kappa shape index (κ2) is 11.3. The number of aryl methyl sites for hydroxylation is 2. The van der Waals surface area contributed by atoms with Crippen molar-refractivity contribution < 1.29 is 20.4 Å². The molecule has 4 nitrogen and oxygen atoms in total. The topological polar surface area (TPSA) is 80.9 Å². The van der Waals surface area contributed by atoms with Gasteiger partial charge in [0.15, 0.2) is 0 Å². The third-order valence-electron chi connectivity index (χ3n) is 9.25. The van der Waals surface area contributed by atoms with Gasteiger partial charge >= 0.3 is 0 Å². The van der Waals surface area contributed by atoms with Crippen LogP contribution in [-0.4, -0.2) is 20.4 Å². The van der Waals surface area contributed by atoms with Crippen molar-refractivity contribution in [2.45, 2.75) is 76.0 Å². The Morgan fingerprint density at radius 2 is 0.725 bits per heavy atom. The smallest absolute Gasteiger partial charge is 0.118 e. The van der Waals surface area contributed by atoms with Crippen LogP contribution in [0.2, 0.25) is 0 Å². The molecule has 208 valence electrons. The van der Waals surface area contributed by atoms with Crippen LogP contribution in [0.1, 0.15) is 84.7 Å². The molecule has 0 bridgehead atoms. The van der Waals surface area contributed by atoms with Gasteiger partial charge in [-0.2, -0.15) is 0 Å². The largest absolute Gasteiger partial charge is 0.508 e. The molecule has 4 aromatic rings. The maximum absolute atomic E-state index is 9.79. The van der Waals surface area contributed by atoms with E-state index in [9.17, 15) is 20.4 Å². The van der Waals surface area contributed by atoms with E-state index in [1.807, 2.05) is 38.1 Å². The Bertz CT molecular complexity index is 1340. The van der Waals surface area contributed by atoms with E-state index in [-0.39, 0.29) is 10.8 Å². The molecule has 6 rings (SSSR count). The molecule has 4 aromatic carbocycles. The van der Waals surface area contributed by atoms with Gasteiger partial charge in [0.2, 0.25) is 0 Å². The van der Waals surface area contributed by atoms with Crippen molar-refractivity contribution in [3.8, 4) is 23.0 Å². The lowest BCUT2D eigenvalue weighted by Crippen LogP contribution is -2.24. The predicted octanol–water partition coefficient (Wildman–Crippen LogP) is 8.53. The van der Waals surface area contributed by atoms with Crippen molar-refractivity contribution in [1.82, 2.24) is 0 Å². The van der Waals surface area contributed by atoms with Crippen molar-refractivity contribution in [2.75, 3.05) is 0 Å². The summed E-state index contributed by atoms with van der Waals surface area (Å²) < 4.78 is 0. The molecule has 40 heavy (non-hydrogen) atoms. The molecule has 2 aliphatic rings. The molecule has 2 fully saturated rings. The normalized spacial score (nSPS) is 17.2. The number of rotatable bonds is 4. The maximum atomic E-state index is 9.79. The van der Waals surface area contributed by atoms with Crippen LogP contribution < -0.4 is 0 Å². The molecule has 2 saturated carbocycles. The van der Waals surface area contributed by atoms with E-state index in [0.717, 1.165) is 36.8 Å². The van der Waals surface area contributed by atoms with Gasteiger partial charge in [0.05, 0.1) is 0 Å². The van der Waals surface area contributed by atoms with E-state index in [0.29, 0.717) is 23.0 Å². The molecular weight excluding hydrogens is 496 g/mol. The number of hydrogen-bond donors (Lipinski definition) is 4. The van der Waals surface area contributed by atoms with Gasteiger partial charge in [0.1, 0.15) is 23.0 Å². The van der Waals surface area contributed by atoms with Gasteiger partial charge in [-0.3, -0.25) is 0 Å². The Labute approximate surface area is 237 Å². The number of aromatic hydroxyl groups is 4. The Morgan fingerprint density at radius 1 is 0.425 bits per heavy atom. The maximum Gasteiger partial charge on any atom is 0.118 e. The molecule has 0 heterocycles. The zero-order chi connectivity index (χ0) is 28.3. The van der Waals surface area contributed by atoms with E-state index < -0.39 is 0 Å². The van der Waals surface area contributed by atoms with E-state index in [4.69, 9.17) is 0 Å². The van der Waals surface area contributed by atoms with Crippen molar-refractivity contribution in [3.05, 3.63) is 118 Å². The van der Waals surface area contributed by atoms with Crippen LogP contribution in [0.4, 0.5) is 0 Å². The predicted molar refractivity (Wildman–Crippen MR) is 160 cm³/mol. The molecule has 0 radical (unpaired) electrons. The summed E-state index contributed by atoms with van der Waals surface area (Å²) in [5, 5.41) is 38.5. The number of benzene rings is 4. The molecule has 0 atom stereocenters. The SMILES string of the molecule is Cc1cc(C2(c3ccc(O)c(C)c3)CCCC2)ccc1O.Oc1ccc(C2(c3ccc(O)cc3)CCCC2)cc1. The lowest BCUT2D eigenvalue weighted by Gasteiger charge is -2.31. The minimum absolute atomic E-state index is 0.0247. The van der Waals surface area contributed by atoms with Crippen LogP contribution in [0.15, 0.2) is 84.9 Å². The van der Waals surface area contributed by atoms with Crippen LogP contribution in [0, 0.1) is 13.8 Å². The minimum Gasteiger partial charge on any atom is -0.508 e. The first-order chi connectivity index (χ1) is 19.2. The summed E-state index contributed by atoms with van der Waals surface area (Å²) in [6, 6.07) is 27.1. The molecule has 2 aliphatic carbocycles. The second-order valence-corrected chi connectivity index (χ2v) is 11.7. The quantitative estimate of drug-likeness (QED) is 0.211. The van der Waals surface area contributed by atoms with Crippen molar-refractivity contribution in [1.29, 1.82) is 0 Å². The van der Waals surface area contributed by atoms with Crippen LogP contribution in [-0.2, 0) is 10.8 Å². The molecule has 0 spiro atoms. The van der Waals surface area contributed by atoms with Crippen molar-refractivity contribution in [2.24, 2.45) is 0 Å². The fraction of sp³-hybridized carbons (Fsp3) is 0.333. The summed E-state index contributed by atoms with van der Waals surface area (Å²) in [5.41, 5.74) is 6.99. The standard InChI is InChI=1S/C19H22O2.C17H18O2/c1-13-11-15(5-7-17(13)20)19(9-3-4-10-19)16-6-8-18(21)14(2)12-16;18-15-7-3-13(4-8-15)17(11-1-2-12-17)14-5-9-16(19)10-6-14/h5-8,11-12,20-21H,3-4,9-10H2,1-2H3;3-10,18-19H,1-2,11-12H2. The van der Waals surface area contributed by atoms with Gasteiger partial charge in [0, 0.05) is 10.8 Å². The molecule has 4 N–H and O–H groups in total. The summed E-state index contributed by atoms with van der Waals surface area (Å²) in [5.74, 6) is 1.33. The molecular formula is C36H40O4. The van der Waals surface area contributed by atoms with Crippen molar-refractivity contribution in [3.63, 3.8) is 0 Å². The third-order valence-corrected chi connectivity index (χ3v) is 9.25. The van der Waals surface area contributed by atoms with Crippen LogP contribution in [0.25, 0.3) is 0 Å². The highest BCUT2D eigenvalue weighted by Crippen LogP contribution is 2.48. The Kier molecular flexibility index (Phi) is 7.80. The first kappa shape index (κ1) is 27.6. The lowest BCUT2D eigenvalue weighted by atomic mass is 9.72. The highest BCUT2D eigenvalue weighted by Gasteiger charge is 2.38. The molecule has 0 aromatic heterocycles. The lowest BCUT2D eigenvalue weighted by molar-refractivity contribution is 0.466. The van der Waals surface area contributed by atoms with E-state index in [1.165, 1.54) is 47.9 Å². The zero-order valence-corrected chi connectivity index (χ0v) is 23.5. The fourth-order valence-corrected chi connectivity index (χ4v) is 6.91. The molecule has 0 aliphatic heterocycles. The van der Waals surface area contributed by atoms with Gasteiger partial charge < -0.3 is 20.4 Å². The Morgan fingerprint density at radius 3 is 1.05 bits per heavy atom. The van der Waals surface area contributed by atoms with E-state index >= 15 is 0 Å². The van der Waals surface area contributed by atoms with E-state index in [1.54, 1.807) is 36.4 Å². The second-order valence-electron chi connectivity index (χ2n) is 11.7. The van der Waals surface area contributed by atoms with Crippen LogP contribution >= 0.6 is 0 Å². The summed E-state index contributed by atoms with van der Waals surface area (Å²) >= 11 is 0. The van der Waals surface area contributed by atoms with Crippen LogP contribution in [0.5, 0.6) is 23.0 Å². The van der Waals surface area contributed by atoms with Gasteiger partial charge in [-0.1, -0.05) is 74.2 Å². The fourth-order valence-electron chi connectivity index (χ4n) is 6.91. The zero-order valence-electron chi connectivity index (χ0n) is 23.5. The van der Waals surface area contributed by atoms with Crippen LogP contribution in [0.3, 0.4) is 0 Å². The van der Waals surface area contributed by atoms with Gasteiger partial charge in [-0.15, -0.1) is 0 Å². The average molecular weight is 537 g/mol. The van der Waals surface area contributed by atoms with Gasteiger partial charge in [-0.05, 0) is 109 Å². The minimum atomic E-state index is 0.0247.